The molecule has 0 bridgehead atoms. The molecule has 1 heteroatoms. The van der Waals surface area contributed by atoms with Gasteiger partial charge in [0.05, 0.1) is 22.5 Å². The molecule has 0 amide bonds. The normalized spacial score (nSPS) is 12.6. The van der Waals surface area contributed by atoms with Crippen LogP contribution >= 0.6 is 0 Å². The zero-order valence-electron chi connectivity index (χ0n) is 32.0. The van der Waals surface area contributed by atoms with Crippen LogP contribution in [0.25, 0.3) is 54.9 Å². The third-order valence-electron chi connectivity index (χ3n) is 12.1. The smallest absolute Gasteiger partial charge is 0.0714 e. The molecule has 0 aliphatic heterocycles. The van der Waals surface area contributed by atoms with Gasteiger partial charge in [0, 0.05) is 16.5 Å². The molecule has 0 N–H and O–H groups in total. The Labute approximate surface area is 339 Å². The lowest BCUT2D eigenvalue weighted by molar-refractivity contribution is 0.768. The topological polar surface area (TPSA) is 3.24 Å². The molecular formula is C57H39N. The summed E-state index contributed by atoms with van der Waals surface area (Å²) in [5.41, 5.74) is 15.3. The van der Waals surface area contributed by atoms with E-state index in [0.717, 1.165) is 17.1 Å². The van der Waals surface area contributed by atoms with Crippen molar-refractivity contribution < 1.29 is 0 Å². The van der Waals surface area contributed by atoms with Crippen LogP contribution in [0.3, 0.4) is 0 Å². The molecule has 0 saturated carbocycles. The van der Waals surface area contributed by atoms with E-state index in [4.69, 9.17) is 0 Å². The number of benzene rings is 10. The Morgan fingerprint density at radius 3 is 1.60 bits per heavy atom. The molecule has 0 spiro atoms. The number of rotatable bonds is 7. The van der Waals surface area contributed by atoms with Gasteiger partial charge in [-0.3, -0.25) is 0 Å². The maximum Gasteiger partial charge on any atom is 0.0714 e. The molecule has 0 fully saturated rings. The van der Waals surface area contributed by atoms with Gasteiger partial charge in [-0.05, 0) is 91.0 Å². The molecule has 0 unspecified atom stereocenters. The summed E-state index contributed by atoms with van der Waals surface area (Å²) in [7, 11) is 0. The van der Waals surface area contributed by atoms with E-state index in [-0.39, 0.29) is 0 Å². The molecule has 1 nitrogen and oxygen atoms in total. The third kappa shape index (κ3) is 5.32. The first-order valence-electron chi connectivity index (χ1n) is 20.1. The lowest BCUT2D eigenvalue weighted by atomic mass is 9.68. The highest BCUT2D eigenvalue weighted by Crippen LogP contribution is 2.60. The molecule has 58 heavy (non-hydrogen) atoms. The van der Waals surface area contributed by atoms with Gasteiger partial charge in [0.2, 0.25) is 0 Å². The van der Waals surface area contributed by atoms with E-state index < -0.39 is 5.41 Å². The molecule has 272 valence electrons. The van der Waals surface area contributed by atoms with Crippen LogP contribution in [0.2, 0.25) is 0 Å². The highest BCUT2D eigenvalue weighted by atomic mass is 15.1. The summed E-state index contributed by atoms with van der Waals surface area (Å²) in [6.07, 6.45) is 0. The van der Waals surface area contributed by atoms with Crippen LogP contribution in [0, 0.1) is 0 Å². The molecule has 1 aliphatic carbocycles. The Balaban J connectivity index is 1.20. The Hall–Kier alpha value is -7.48. The van der Waals surface area contributed by atoms with Crippen LogP contribution < -0.4 is 4.90 Å². The Kier molecular flexibility index (Phi) is 8.12. The number of hydrogen-bond donors (Lipinski definition) is 0. The molecule has 10 aromatic rings. The van der Waals surface area contributed by atoms with Gasteiger partial charge < -0.3 is 4.90 Å². The molecule has 0 heterocycles. The predicted octanol–water partition coefficient (Wildman–Crippen LogP) is 15.2. The van der Waals surface area contributed by atoms with Crippen molar-refractivity contribution in [3.63, 3.8) is 0 Å². The maximum absolute atomic E-state index is 2.53. The zero-order chi connectivity index (χ0) is 38.5. The van der Waals surface area contributed by atoms with E-state index in [1.54, 1.807) is 0 Å². The molecule has 0 saturated heterocycles. The minimum atomic E-state index is -0.511. The highest BCUT2D eigenvalue weighted by molar-refractivity contribution is 6.06. The Morgan fingerprint density at radius 1 is 0.293 bits per heavy atom. The molecule has 11 rings (SSSR count). The molecular weight excluding hydrogens is 699 g/mol. The fourth-order valence-corrected chi connectivity index (χ4v) is 9.59. The number of hydrogen-bond acceptors (Lipinski definition) is 1. The largest absolute Gasteiger partial charge is 0.309 e. The van der Waals surface area contributed by atoms with Gasteiger partial charge >= 0.3 is 0 Å². The quantitative estimate of drug-likeness (QED) is 0.157. The number of nitrogens with zero attached hydrogens (tertiary/aromatic N) is 1. The van der Waals surface area contributed by atoms with Crippen LogP contribution in [-0.2, 0) is 5.41 Å². The number of para-hydroxylation sites is 1. The Bertz CT molecular complexity index is 3070. The van der Waals surface area contributed by atoms with Crippen molar-refractivity contribution in [3.8, 4) is 33.4 Å². The van der Waals surface area contributed by atoms with Gasteiger partial charge in [0.25, 0.3) is 0 Å². The number of anilines is 3. The van der Waals surface area contributed by atoms with Crippen LogP contribution in [0.4, 0.5) is 17.1 Å². The lowest BCUT2D eigenvalue weighted by Crippen LogP contribution is -2.28. The van der Waals surface area contributed by atoms with E-state index in [1.807, 2.05) is 0 Å². The maximum atomic E-state index is 2.53. The fourth-order valence-electron chi connectivity index (χ4n) is 9.59. The van der Waals surface area contributed by atoms with Gasteiger partial charge in [-0.2, -0.15) is 0 Å². The predicted molar refractivity (Wildman–Crippen MR) is 244 cm³/mol. The highest BCUT2D eigenvalue weighted by Gasteiger charge is 2.47. The molecule has 0 aromatic heterocycles. The SMILES string of the molecule is c1ccc(-c2ccc3ccc(-c4ccccc4N(c4cccc5c4-c4ccccc4C5(c4ccccc4)c4ccccc4)c4cccc5ccccc45)cc3c2)cc1. The van der Waals surface area contributed by atoms with Crippen molar-refractivity contribution >= 4 is 38.6 Å². The molecule has 0 radical (unpaired) electrons. The monoisotopic (exact) mass is 737 g/mol. The fraction of sp³-hybridized carbons (Fsp3) is 0.0175. The van der Waals surface area contributed by atoms with Crippen molar-refractivity contribution in [2.45, 2.75) is 5.41 Å². The first-order valence-corrected chi connectivity index (χ1v) is 20.1. The summed E-state index contributed by atoms with van der Waals surface area (Å²) in [5.74, 6) is 0. The molecule has 10 aromatic carbocycles. The van der Waals surface area contributed by atoms with E-state index in [1.165, 1.54) is 77.2 Å². The second-order valence-corrected chi connectivity index (χ2v) is 15.2. The van der Waals surface area contributed by atoms with Crippen molar-refractivity contribution in [2.75, 3.05) is 4.90 Å². The zero-order valence-corrected chi connectivity index (χ0v) is 32.0. The summed E-state index contributed by atoms with van der Waals surface area (Å²) < 4.78 is 0. The second-order valence-electron chi connectivity index (χ2n) is 15.2. The van der Waals surface area contributed by atoms with Crippen LogP contribution in [-0.4, -0.2) is 0 Å². The minimum absolute atomic E-state index is 0.511. The van der Waals surface area contributed by atoms with Crippen molar-refractivity contribution in [3.05, 3.63) is 259 Å². The summed E-state index contributed by atoms with van der Waals surface area (Å²) in [6.45, 7) is 0. The average molecular weight is 738 g/mol. The summed E-state index contributed by atoms with van der Waals surface area (Å²) in [6, 6.07) is 86.9. The van der Waals surface area contributed by atoms with Crippen molar-refractivity contribution in [1.82, 2.24) is 0 Å². The number of fused-ring (bicyclic) bond motifs is 5. The van der Waals surface area contributed by atoms with E-state index in [2.05, 4.69) is 241 Å². The first kappa shape index (κ1) is 33.8. The van der Waals surface area contributed by atoms with E-state index in [0.29, 0.717) is 0 Å². The van der Waals surface area contributed by atoms with Gasteiger partial charge in [0.1, 0.15) is 0 Å². The van der Waals surface area contributed by atoms with Gasteiger partial charge in [-0.1, -0.05) is 206 Å². The summed E-state index contributed by atoms with van der Waals surface area (Å²) >= 11 is 0. The van der Waals surface area contributed by atoms with E-state index >= 15 is 0 Å². The minimum Gasteiger partial charge on any atom is -0.309 e. The van der Waals surface area contributed by atoms with Gasteiger partial charge in [-0.15, -0.1) is 0 Å². The summed E-state index contributed by atoms with van der Waals surface area (Å²) in [4.78, 5) is 2.53. The van der Waals surface area contributed by atoms with Crippen molar-refractivity contribution in [1.29, 1.82) is 0 Å². The van der Waals surface area contributed by atoms with Crippen molar-refractivity contribution in [2.24, 2.45) is 0 Å². The molecule has 0 atom stereocenters. The second kappa shape index (κ2) is 13.9. The molecule has 1 aliphatic rings. The summed E-state index contributed by atoms with van der Waals surface area (Å²) in [5, 5.41) is 4.85. The van der Waals surface area contributed by atoms with Crippen LogP contribution in [0.15, 0.2) is 237 Å². The van der Waals surface area contributed by atoms with Gasteiger partial charge in [-0.25, -0.2) is 0 Å². The standard InChI is InChI=1S/C57H39N/c1-4-18-40(19-5-1)43-36-34-41-35-37-44(39-45(41)38-43)49-27-13-15-31-53(49)58(54-32-16-21-42-20-10-11-26-48(42)54)55-33-17-30-52-56(55)50-28-12-14-29-51(50)57(52,46-22-6-2-7-23-46)47-24-8-3-9-25-47/h1-39H. The van der Waals surface area contributed by atoms with Crippen LogP contribution in [0.1, 0.15) is 22.3 Å². The first-order chi connectivity index (χ1) is 28.8. The van der Waals surface area contributed by atoms with Crippen LogP contribution in [0.5, 0.6) is 0 Å². The lowest BCUT2D eigenvalue weighted by Gasteiger charge is -2.35. The Morgan fingerprint density at radius 2 is 0.828 bits per heavy atom. The van der Waals surface area contributed by atoms with Gasteiger partial charge in [0.15, 0.2) is 0 Å². The third-order valence-corrected chi connectivity index (χ3v) is 12.1. The van der Waals surface area contributed by atoms with E-state index in [9.17, 15) is 0 Å². The average Bonchev–Trinajstić information content (AvgIpc) is 3.61.